The largest absolute Gasteiger partial charge is 0.0776 e. The molecule has 0 spiro atoms. The van der Waals surface area contributed by atoms with Gasteiger partial charge in [-0.05, 0) is 204 Å². The Kier molecular flexibility index (Phi) is 18.0. The SMILES string of the molecule is C.C.C(#Cc1cc(-c2ccccc2)c2ccc3c(-c4ccccc4)cc(C#Cc4ccccc4)c4ccc1c2c43)c1ccccc1.CC(C)(C)c1ccc(C#Cc2cc(-c3ccccc3)c3ccc4c(-c5ccccc5)cc(C#Cc5ccc(C(C)(C)C)cc5)c5ccc2c3c54)cc1. The summed E-state index contributed by atoms with van der Waals surface area (Å²) in [7, 11) is 0. The van der Waals surface area contributed by atoms with Gasteiger partial charge in [0.1, 0.15) is 0 Å². The minimum Gasteiger partial charge on any atom is -0.0776 e. The van der Waals surface area contributed by atoms with Crippen molar-refractivity contribution in [2.75, 3.05) is 0 Å². The van der Waals surface area contributed by atoms with Gasteiger partial charge in [-0.2, -0.15) is 0 Å². The Morgan fingerprint density at radius 3 is 0.602 bits per heavy atom. The first-order chi connectivity index (χ1) is 46.9. The summed E-state index contributed by atoms with van der Waals surface area (Å²) in [6, 6.07) is 108. The molecule has 0 nitrogen and oxygen atoms in total. The highest BCUT2D eigenvalue weighted by Crippen LogP contribution is 2.47. The van der Waals surface area contributed by atoms with Crippen LogP contribution in [0.1, 0.15) is 112 Å². The molecule has 0 N–H and O–H groups in total. The predicted octanol–water partition coefficient (Wildman–Crippen LogP) is 25.3. The molecule has 0 fully saturated rings. The van der Waals surface area contributed by atoms with Gasteiger partial charge in [0.05, 0.1) is 0 Å². The van der Waals surface area contributed by atoms with Crippen LogP contribution in [0, 0.1) is 47.4 Å². The summed E-state index contributed by atoms with van der Waals surface area (Å²) >= 11 is 0. The lowest BCUT2D eigenvalue weighted by Gasteiger charge is -2.19. The van der Waals surface area contributed by atoms with Crippen LogP contribution in [-0.2, 0) is 10.8 Å². The maximum atomic E-state index is 3.63. The third-order valence-electron chi connectivity index (χ3n) is 18.6. The van der Waals surface area contributed by atoms with Gasteiger partial charge in [-0.25, -0.2) is 0 Å². The molecule has 16 aromatic carbocycles. The van der Waals surface area contributed by atoms with Crippen molar-refractivity contribution >= 4 is 64.6 Å². The molecule has 0 aliphatic carbocycles. The van der Waals surface area contributed by atoms with Gasteiger partial charge in [0, 0.05) is 44.5 Å². The molecule has 0 aromatic heterocycles. The van der Waals surface area contributed by atoms with E-state index in [1.54, 1.807) is 0 Å². The van der Waals surface area contributed by atoms with Gasteiger partial charge < -0.3 is 0 Å². The number of benzene rings is 16. The molecule has 0 aliphatic heterocycles. The van der Waals surface area contributed by atoms with E-state index in [9.17, 15) is 0 Å². The fourth-order valence-electron chi connectivity index (χ4n) is 13.5. The second kappa shape index (κ2) is 27.3. The highest BCUT2D eigenvalue weighted by atomic mass is 14.2. The molecule has 0 unspecified atom stereocenters. The third kappa shape index (κ3) is 12.8. The van der Waals surface area contributed by atoms with Gasteiger partial charge in [-0.3, -0.25) is 0 Å². The molecule has 0 heteroatoms. The van der Waals surface area contributed by atoms with Crippen LogP contribution in [-0.4, -0.2) is 0 Å². The van der Waals surface area contributed by atoms with Crippen molar-refractivity contribution in [2.24, 2.45) is 0 Å². The fraction of sp³-hybridized carbons (Fsp3) is 0.102. The Morgan fingerprint density at radius 1 is 0.194 bits per heavy atom. The Hall–Kier alpha value is -12.2. The molecule has 0 bridgehead atoms. The lowest BCUT2D eigenvalue weighted by molar-refractivity contribution is 0.590. The summed E-state index contributed by atoms with van der Waals surface area (Å²) in [5.74, 6) is 28.3. The average molecular weight is 1250 g/mol. The summed E-state index contributed by atoms with van der Waals surface area (Å²) in [5.41, 5.74) is 20.4. The summed E-state index contributed by atoms with van der Waals surface area (Å²) in [4.78, 5) is 0. The summed E-state index contributed by atoms with van der Waals surface area (Å²) in [5, 5.41) is 14.5. The summed E-state index contributed by atoms with van der Waals surface area (Å²) < 4.78 is 0. The molecule has 16 rings (SSSR count). The van der Waals surface area contributed by atoms with E-state index < -0.39 is 0 Å². The van der Waals surface area contributed by atoms with Gasteiger partial charge in [-0.15, -0.1) is 0 Å². The van der Waals surface area contributed by atoms with Crippen LogP contribution >= 0.6 is 0 Å². The maximum absolute atomic E-state index is 3.63. The van der Waals surface area contributed by atoms with E-state index >= 15 is 0 Å². The number of rotatable bonds is 4. The number of hydrogen-bond acceptors (Lipinski definition) is 0. The predicted molar refractivity (Wildman–Crippen MR) is 423 cm³/mol. The molecule has 16 aromatic rings. The maximum Gasteiger partial charge on any atom is 0.0334 e. The van der Waals surface area contributed by atoms with Crippen LogP contribution < -0.4 is 0 Å². The van der Waals surface area contributed by atoms with E-state index in [0.29, 0.717) is 0 Å². The normalized spacial score (nSPS) is 11.1. The van der Waals surface area contributed by atoms with E-state index in [0.717, 1.165) is 66.1 Å². The van der Waals surface area contributed by atoms with Crippen molar-refractivity contribution in [3.8, 4) is 91.9 Å². The van der Waals surface area contributed by atoms with Gasteiger partial charge in [0.15, 0.2) is 0 Å². The van der Waals surface area contributed by atoms with Crippen LogP contribution in [0.3, 0.4) is 0 Å². The minimum absolute atomic E-state index is 0. The van der Waals surface area contributed by atoms with Crippen molar-refractivity contribution in [3.05, 3.63) is 359 Å². The highest BCUT2D eigenvalue weighted by molar-refractivity contribution is 6.31. The molecule has 98 heavy (non-hydrogen) atoms. The lowest BCUT2D eigenvalue weighted by atomic mass is 9.84. The minimum atomic E-state index is 0. The molecular weight excluding hydrogens is 1180 g/mol. The van der Waals surface area contributed by atoms with Gasteiger partial charge in [0.2, 0.25) is 0 Å². The summed E-state index contributed by atoms with van der Waals surface area (Å²) in [6.07, 6.45) is 0. The highest BCUT2D eigenvalue weighted by Gasteiger charge is 2.22. The third-order valence-corrected chi connectivity index (χ3v) is 18.6. The standard InChI is InChI=1S/C52H42.C44H26.2CH4/c1-51(2,3)41-25-19-35(20-26-41)17-23-39-33-47(37-13-9-7-10-14-37)45-31-32-46-48(38-15-11-8-12-16-38)34-40(44-30-29-43(39)49(45)50(44)46)24-18-36-21-27-42(28-22-36)52(4,5)6;1-5-13-31(14-6-1)21-23-35-29-41(33-17-9-3-10-18-33)39-27-28-40-42(34-19-11-4-12-20-34)30-36(24-22-32-15-7-2-8-16-32)38-26-25-37(35)43(39)44(38)40;;/h7-16,19-22,25-34H,1-6H3;1-20,25-30H;2*1H4. The second-order valence-corrected chi connectivity index (χ2v) is 26.9. The van der Waals surface area contributed by atoms with E-state index in [2.05, 4.69) is 356 Å². The molecule has 0 heterocycles. The van der Waals surface area contributed by atoms with Crippen molar-refractivity contribution in [1.29, 1.82) is 0 Å². The quantitative estimate of drug-likeness (QED) is 0.122. The van der Waals surface area contributed by atoms with Gasteiger partial charge in [0.25, 0.3) is 0 Å². The molecule has 0 saturated heterocycles. The van der Waals surface area contributed by atoms with Crippen molar-refractivity contribution in [1.82, 2.24) is 0 Å². The van der Waals surface area contributed by atoms with E-state index in [-0.39, 0.29) is 25.7 Å². The molecule has 468 valence electrons. The Balaban J connectivity index is 0.000000175. The first-order valence-corrected chi connectivity index (χ1v) is 33.1. The van der Waals surface area contributed by atoms with E-state index in [1.165, 1.54) is 98.7 Å². The molecule has 0 saturated carbocycles. The smallest absolute Gasteiger partial charge is 0.0334 e. The van der Waals surface area contributed by atoms with Crippen LogP contribution in [0.25, 0.3) is 109 Å². The summed E-state index contributed by atoms with van der Waals surface area (Å²) in [6.45, 7) is 13.5. The van der Waals surface area contributed by atoms with E-state index in [1.807, 2.05) is 36.4 Å². The topological polar surface area (TPSA) is 0 Å². The first-order valence-electron chi connectivity index (χ1n) is 33.1. The Morgan fingerprint density at radius 2 is 0.388 bits per heavy atom. The van der Waals surface area contributed by atoms with Crippen molar-refractivity contribution < 1.29 is 0 Å². The lowest BCUT2D eigenvalue weighted by Crippen LogP contribution is -2.10. The van der Waals surface area contributed by atoms with Gasteiger partial charge in [-0.1, -0.05) is 334 Å². The number of hydrogen-bond donors (Lipinski definition) is 0. The van der Waals surface area contributed by atoms with E-state index in [4.69, 9.17) is 0 Å². The molecule has 0 amide bonds. The fourth-order valence-corrected chi connectivity index (χ4v) is 13.5. The Bertz CT molecular complexity index is 5460. The van der Waals surface area contributed by atoms with Crippen LogP contribution in [0.15, 0.2) is 303 Å². The first kappa shape index (κ1) is 64.5. The van der Waals surface area contributed by atoms with Crippen molar-refractivity contribution in [2.45, 2.75) is 67.2 Å². The zero-order valence-corrected chi connectivity index (χ0v) is 54.9. The van der Waals surface area contributed by atoms with Crippen LogP contribution in [0.2, 0.25) is 0 Å². The van der Waals surface area contributed by atoms with Crippen molar-refractivity contribution in [3.63, 3.8) is 0 Å². The molecule has 0 radical (unpaired) electrons. The molecule has 0 aliphatic rings. The monoisotopic (exact) mass is 1250 g/mol. The average Bonchev–Trinajstić information content (AvgIpc) is 0.721. The van der Waals surface area contributed by atoms with Crippen LogP contribution in [0.4, 0.5) is 0 Å². The van der Waals surface area contributed by atoms with Crippen LogP contribution in [0.5, 0.6) is 0 Å². The molecule has 0 atom stereocenters. The Labute approximate surface area is 579 Å². The molecular formula is C98H76. The van der Waals surface area contributed by atoms with Gasteiger partial charge >= 0.3 is 0 Å². The zero-order valence-electron chi connectivity index (χ0n) is 54.9. The second-order valence-electron chi connectivity index (χ2n) is 26.9. The zero-order chi connectivity index (χ0) is 65.3.